The Kier molecular flexibility index (Phi) is 5.63. The highest BCUT2D eigenvalue weighted by Gasteiger charge is 2.32. The van der Waals surface area contributed by atoms with Crippen LogP contribution in [0.3, 0.4) is 0 Å². The van der Waals surface area contributed by atoms with Crippen LogP contribution in [-0.2, 0) is 9.47 Å². The molecule has 0 saturated carbocycles. The van der Waals surface area contributed by atoms with Crippen molar-refractivity contribution in [2.24, 2.45) is 0 Å². The van der Waals surface area contributed by atoms with Crippen molar-refractivity contribution in [3.63, 3.8) is 0 Å². The molecule has 0 spiro atoms. The molecular weight excluding hydrogens is 240 g/mol. The Morgan fingerprint density at radius 2 is 1.95 bits per heavy atom. The Balaban J connectivity index is 1.69. The largest absolute Gasteiger partial charge is 0.377 e. The highest BCUT2D eigenvalue weighted by molar-refractivity contribution is 4.84. The van der Waals surface area contributed by atoms with Crippen molar-refractivity contribution in [2.75, 3.05) is 26.7 Å². The van der Waals surface area contributed by atoms with E-state index >= 15 is 0 Å². The van der Waals surface area contributed by atoms with Crippen molar-refractivity contribution >= 4 is 0 Å². The summed E-state index contributed by atoms with van der Waals surface area (Å²) < 4.78 is 11.8. The second-order valence-corrected chi connectivity index (χ2v) is 6.39. The molecule has 4 unspecified atom stereocenters. The molecule has 2 heterocycles. The van der Waals surface area contributed by atoms with Crippen molar-refractivity contribution < 1.29 is 9.47 Å². The van der Waals surface area contributed by atoms with Crippen LogP contribution in [0.15, 0.2) is 0 Å². The molecule has 19 heavy (non-hydrogen) atoms. The fraction of sp³-hybridized carbons (Fsp3) is 1.00. The maximum atomic E-state index is 6.13. The van der Waals surface area contributed by atoms with Crippen LogP contribution in [0.5, 0.6) is 0 Å². The summed E-state index contributed by atoms with van der Waals surface area (Å²) in [5.41, 5.74) is 0. The topological polar surface area (TPSA) is 33.7 Å². The first-order valence-electron chi connectivity index (χ1n) is 7.77. The average Bonchev–Trinajstić information content (AvgIpc) is 2.95. The van der Waals surface area contributed by atoms with Gasteiger partial charge >= 0.3 is 0 Å². The molecule has 0 bridgehead atoms. The number of rotatable bonds is 6. The van der Waals surface area contributed by atoms with Crippen LogP contribution in [0.4, 0.5) is 0 Å². The lowest BCUT2D eigenvalue weighted by Gasteiger charge is -2.29. The van der Waals surface area contributed by atoms with E-state index in [9.17, 15) is 0 Å². The van der Waals surface area contributed by atoms with E-state index in [-0.39, 0.29) is 0 Å². The predicted octanol–water partition coefficient (Wildman–Crippen LogP) is 1.64. The van der Waals surface area contributed by atoms with Crippen LogP contribution in [0.2, 0.25) is 0 Å². The second kappa shape index (κ2) is 7.02. The molecule has 4 atom stereocenters. The maximum absolute atomic E-state index is 6.13. The van der Waals surface area contributed by atoms with Gasteiger partial charge in [-0.05, 0) is 33.2 Å². The van der Waals surface area contributed by atoms with E-state index in [1.54, 1.807) is 0 Å². The van der Waals surface area contributed by atoms with Crippen molar-refractivity contribution in [3.05, 3.63) is 0 Å². The Morgan fingerprint density at radius 3 is 2.58 bits per heavy atom. The van der Waals surface area contributed by atoms with Gasteiger partial charge in [0, 0.05) is 31.8 Å². The van der Waals surface area contributed by atoms with Gasteiger partial charge in [0.15, 0.2) is 0 Å². The van der Waals surface area contributed by atoms with E-state index in [0.29, 0.717) is 30.4 Å². The summed E-state index contributed by atoms with van der Waals surface area (Å²) in [5, 5.41) is 3.46. The maximum Gasteiger partial charge on any atom is 0.0707 e. The van der Waals surface area contributed by atoms with Gasteiger partial charge in [0.2, 0.25) is 0 Å². The SMILES string of the molecule is CC(C)NCC1CCC(CN(C)C2CCOC2C)O1. The molecule has 0 aromatic heterocycles. The molecule has 0 amide bonds. The first-order valence-corrected chi connectivity index (χ1v) is 7.77. The van der Waals surface area contributed by atoms with Crippen molar-refractivity contribution in [1.82, 2.24) is 10.2 Å². The summed E-state index contributed by atoms with van der Waals surface area (Å²) >= 11 is 0. The minimum Gasteiger partial charge on any atom is -0.377 e. The van der Waals surface area contributed by atoms with Crippen molar-refractivity contribution in [2.45, 2.75) is 70.4 Å². The summed E-state index contributed by atoms with van der Waals surface area (Å²) in [5.74, 6) is 0. The van der Waals surface area contributed by atoms with Crippen LogP contribution < -0.4 is 5.32 Å². The van der Waals surface area contributed by atoms with Gasteiger partial charge in [-0.15, -0.1) is 0 Å². The summed E-state index contributed by atoms with van der Waals surface area (Å²) in [6.07, 6.45) is 4.70. The number of ether oxygens (including phenoxy) is 2. The number of likely N-dealkylation sites (N-methyl/N-ethyl adjacent to an activating group) is 1. The smallest absolute Gasteiger partial charge is 0.0707 e. The van der Waals surface area contributed by atoms with Crippen LogP contribution in [0.25, 0.3) is 0 Å². The molecule has 0 aromatic rings. The molecule has 4 heteroatoms. The highest BCUT2D eigenvalue weighted by Crippen LogP contribution is 2.23. The average molecular weight is 270 g/mol. The van der Waals surface area contributed by atoms with Crippen LogP contribution in [0.1, 0.15) is 40.0 Å². The van der Waals surface area contributed by atoms with Gasteiger partial charge < -0.3 is 14.8 Å². The molecule has 2 fully saturated rings. The second-order valence-electron chi connectivity index (χ2n) is 6.39. The van der Waals surface area contributed by atoms with Gasteiger partial charge in [-0.25, -0.2) is 0 Å². The lowest BCUT2D eigenvalue weighted by atomic mass is 10.1. The highest BCUT2D eigenvalue weighted by atomic mass is 16.5. The number of nitrogens with one attached hydrogen (secondary N) is 1. The minimum atomic E-state index is 0.366. The summed E-state index contributed by atoms with van der Waals surface area (Å²) in [7, 11) is 2.21. The fourth-order valence-corrected chi connectivity index (χ4v) is 3.19. The molecule has 2 aliphatic heterocycles. The zero-order valence-electron chi connectivity index (χ0n) is 12.9. The van der Waals surface area contributed by atoms with E-state index in [1.807, 2.05) is 0 Å². The van der Waals surface area contributed by atoms with Gasteiger partial charge in [-0.2, -0.15) is 0 Å². The van der Waals surface area contributed by atoms with E-state index < -0.39 is 0 Å². The standard InChI is InChI=1S/C15H30N2O2/c1-11(2)16-9-13-5-6-14(19-13)10-17(4)15-7-8-18-12(15)3/h11-16H,5-10H2,1-4H3. The van der Waals surface area contributed by atoms with E-state index in [1.165, 1.54) is 12.8 Å². The molecule has 4 nitrogen and oxygen atoms in total. The van der Waals surface area contributed by atoms with Crippen molar-refractivity contribution in [1.29, 1.82) is 0 Å². The van der Waals surface area contributed by atoms with Gasteiger partial charge in [-0.3, -0.25) is 4.90 Å². The molecule has 0 radical (unpaired) electrons. The van der Waals surface area contributed by atoms with Gasteiger partial charge in [-0.1, -0.05) is 13.8 Å². The third kappa shape index (κ3) is 4.42. The van der Waals surface area contributed by atoms with Crippen LogP contribution in [0, 0.1) is 0 Å². The first-order chi connectivity index (χ1) is 9.06. The molecule has 2 saturated heterocycles. The van der Waals surface area contributed by atoms with Gasteiger partial charge in [0.1, 0.15) is 0 Å². The Labute approximate surface area is 117 Å². The molecule has 0 aliphatic carbocycles. The van der Waals surface area contributed by atoms with E-state index in [0.717, 1.165) is 26.1 Å². The Bertz CT molecular complexity index is 273. The molecule has 0 aromatic carbocycles. The lowest BCUT2D eigenvalue weighted by Crippen LogP contribution is -2.41. The minimum absolute atomic E-state index is 0.366. The summed E-state index contributed by atoms with van der Waals surface area (Å²) in [4.78, 5) is 2.43. The molecule has 112 valence electrons. The summed E-state index contributed by atoms with van der Waals surface area (Å²) in [6, 6.07) is 1.11. The molecular formula is C15H30N2O2. The third-order valence-corrected chi connectivity index (χ3v) is 4.34. The number of hydrogen-bond donors (Lipinski definition) is 1. The van der Waals surface area contributed by atoms with Gasteiger partial charge in [0.05, 0.1) is 18.3 Å². The first kappa shape index (κ1) is 15.2. The fourth-order valence-electron chi connectivity index (χ4n) is 3.19. The van der Waals surface area contributed by atoms with Crippen molar-refractivity contribution in [3.8, 4) is 0 Å². The molecule has 1 N–H and O–H groups in total. The molecule has 2 rings (SSSR count). The van der Waals surface area contributed by atoms with E-state index in [4.69, 9.17) is 9.47 Å². The molecule has 2 aliphatic rings. The Morgan fingerprint density at radius 1 is 1.21 bits per heavy atom. The predicted molar refractivity (Wildman–Crippen MR) is 77.5 cm³/mol. The zero-order chi connectivity index (χ0) is 13.8. The monoisotopic (exact) mass is 270 g/mol. The van der Waals surface area contributed by atoms with E-state index in [2.05, 4.69) is 38.0 Å². The van der Waals surface area contributed by atoms with Crippen LogP contribution >= 0.6 is 0 Å². The lowest BCUT2D eigenvalue weighted by molar-refractivity contribution is 0.0108. The zero-order valence-corrected chi connectivity index (χ0v) is 12.9. The number of hydrogen-bond acceptors (Lipinski definition) is 4. The third-order valence-electron chi connectivity index (χ3n) is 4.34. The van der Waals surface area contributed by atoms with Gasteiger partial charge in [0.25, 0.3) is 0 Å². The quantitative estimate of drug-likeness (QED) is 0.795. The van der Waals surface area contributed by atoms with Crippen LogP contribution in [-0.4, -0.2) is 62.0 Å². The normalized spacial score (nSPS) is 35.7. The Hall–Kier alpha value is -0.160. The summed E-state index contributed by atoms with van der Waals surface area (Å²) in [6.45, 7) is 9.47. The number of nitrogens with zero attached hydrogens (tertiary/aromatic N) is 1.